The van der Waals surface area contributed by atoms with Gasteiger partial charge in [0.1, 0.15) is 17.2 Å². The fraction of sp³-hybridized carbons (Fsp3) is 0.450. The number of amides is 2. The van der Waals surface area contributed by atoms with Gasteiger partial charge in [-0.25, -0.2) is 18.6 Å². The zero-order chi connectivity index (χ0) is 21.2. The molecular weight excluding hydrogens is 400 g/mol. The van der Waals surface area contributed by atoms with Crippen LogP contribution in [-0.2, 0) is 28.9 Å². The fourth-order valence-electron chi connectivity index (χ4n) is 2.92. The van der Waals surface area contributed by atoms with Crippen LogP contribution in [-0.4, -0.2) is 34.0 Å². The van der Waals surface area contributed by atoms with Gasteiger partial charge in [0, 0.05) is 29.8 Å². The smallest absolute Gasteiger partial charge is 0.410 e. The van der Waals surface area contributed by atoms with E-state index in [1.165, 1.54) is 29.5 Å². The Morgan fingerprint density at radius 2 is 1.97 bits per heavy atom. The van der Waals surface area contributed by atoms with Gasteiger partial charge >= 0.3 is 6.09 Å². The standard InChI is InChI=1S/C20H23F2N3O3S/c1-20(2,3)28-19(27)25-10-9-15-16(11-25)29-18(23-15)24-17(26)8-7-12-13(21)5-4-6-14(12)22/h4-6H,7-11H2,1-3H3,(H,23,24,26). The summed E-state index contributed by atoms with van der Waals surface area (Å²) in [5.74, 6) is -1.70. The van der Waals surface area contributed by atoms with E-state index in [0.29, 0.717) is 24.6 Å². The van der Waals surface area contributed by atoms with E-state index in [9.17, 15) is 18.4 Å². The summed E-state index contributed by atoms with van der Waals surface area (Å²) >= 11 is 1.29. The molecule has 2 amide bonds. The number of rotatable bonds is 4. The van der Waals surface area contributed by atoms with Crippen LogP contribution >= 0.6 is 11.3 Å². The molecule has 9 heteroatoms. The summed E-state index contributed by atoms with van der Waals surface area (Å²) in [6.45, 7) is 6.30. The number of carbonyl (C=O) groups is 2. The largest absolute Gasteiger partial charge is 0.444 e. The SMILES string of the molecule is CC(C)(C)OC(=O)N1CCc2nc(NC(=O)CCc3c(F)cccc3F)sc2C1. The third-order valence-corrected chi connectivity index (χ3v) is 5.29. The number of hydrogen-bond acceptors (Lipinski definition) is 5. The van der Waals surface area contributed by atoms with Crippen molar-refractivity contribution in [3.8, 4) is 0 Å². The molecule has 0 aliphatic carbocycles. The maximum Gasteiger partial charge on any atom is 0.410 e. The number of benzene rings is 1. The van der Waals surface area contributed by atoms with Crippen LogP contribution in [0.1, 0.15) is 43.3 Å². The minimum atomic E-state index is -0.662. The summed E-state index contributed by atoms with van der Waals surface area (Å²) in [6.07, 6.45) is 0.0871. The van der Waals surface area contributed by atoms with Crippen molar-refractivity contribution in [3.05, 3.63) is 46.0 Å². The lowest BCUT2D eigenvalue weighted by molar-refractivity contribution is -0.116. The molecule has 0 saturated carbocycles. The average molecular weight is 423 g/mol. The van der Waals surface area contributed by atoms with Crippen LogP contribution < -0.4 is 5.32 Å². The summed E-state index contributed by atoms with van der Waals surface area (Å²) in [6, 6.07) is 3.62. The number of nitrogens with zero attached hydrogens (tertiary/aromatic N) is 2. The molecule has 0 atom stereocenters. The van der Waals surface area contributed by atoms with E-state index in [4.69, 9.17) is 4.74 Å². The molecule has 0 fully saturated rings. The van der Waals surface area contributed by atoms with E-state index in [0.717, 1.165) is 10.6 Å². The molecule has 3 rings (SSSR count). The molecular formula is C20H23F2N3O3S. The van der Waals surface area contributed by atoms with Crippen molar-refractivity contribution in [2.75, 3.05) is 11.9 Å². The van der Waals surface area contributed by atoms with Gasteiger partial charge in [0.15, 0.2) is 5.13 Å². The van der Waals surface area contributed by atoms with E-state index in [1.807, 2.05) is 20.8 Å². The van der Waals surface area contributed by atoms with E-state index < -0.39 is 17.2 Å². The molecule has 0 saturated heterocycles. The van der Waals surface area contributed by atoms with E-state index in [2.05, 4.69) is 10.3 Å². The molecule has 2 aromatic rings. The molecule has 1 aliphatic heterocycles. The molecule has 29 heavy (non-hydrogen) atoms. The maximum atomic E-state index is 13.7. The minimum Gasteiger partial charge on any atom is -0.444 e. The van der Waals surface area contributed by atoms with Crippen LogP contribution in [0.25, 0.3) is 0 Å². The van der Waals surface area contributed by atoms with E-state index >= 15 is 0 Å². The van der Waals surface area contributed by atoms with Gasteiger partial charge in [-0.1, -0.05) is 17.4 Å². The molecule has 2 heterocycles. The van der Waals surface area contributed by atoms with Gasteiger partial charge < -0.3 is 15.0 Å². The van der Waals surface area contributed by atoms with Gasteiger partial charge in [0.2, 0.25) is 5.91 Å². The lowest BCUT2D eigenvalue weighted by atomic mass is 10.1. The molecule has 0 spiro atoms. The Labute approximate surface area is 171 Å². The van der Waals surface area contributed by atoms with Crippen LogP contribution in [0.5, 0.6) is 0 Å². The van der Waals surface area contributed by atoms with Gasteiger partial charge in [-0.3, -0.25) is 4.79 Å². The Morgan fingerprint density at radius 1 is 1.28 bits per heavy atom. The molecule has 156 valence electrons. The molecule has 1 aliphatic rings. The lowest BCUT2D eigenvalue weighted by Crippen LogP contribution is -2.39. The molecule has 1 aromatic heterocycles. The predicted octanol–water partition coefficient (Wildman–Crippen LogP) is 4.29. The third kappa shape index (κ3) is 5.50. The number of hydrogen-bond donors (Lipinski definition) is 1. The predicted molar refractivity (Wildman–Crippen MR) is 106 cm³/mol. The summed E-state index contributed by atoms with van der Waals surface area (Å²) in [5.41, 5.74) is 0.168. The van der Waals surface area contributed by atoms with Crippen molar-refractivity contribution in [3.63, 3.8) is 0 Å². The van der Waals surface area contributed by atoms with Gasteiger partial charge in [0.05, 0.1) is 12.2 Å². The Bertz CT molecular complexity index is 904. The number of fused-ring (bicyclic) bond motifs is 1. The Morgan fingerprint density at radius 3 is 2.62 bits per heavy atom. The molecule has 6 nitrogen and oxygen atoms in total. The maximum absolute atomic E-state index is 13.7. The van der Waals surface area contributed by atoms with Gasteiger partial charge in [-0.2, -0.15) is 0 Å². The van der Waals surface area contributed by atoms with Crippen molar-refractivity contribution in [2.24, 2.45) is 0 Å². The number of ether oxygens (including phenoxy) is 1. The van der Waals surface area contributed by atoms with Gasteiger partial charge in [0.25, 0.3) is 0 Å². The second-order valence-corrected chi connectivity index (χ2v) is 8.87. The van der Waals surface area contributed by atoms with Gasteiger partial charge in [-0.05, 0) is 39.3 Å². The number of thiazole rings is 1. The Balaban J connectivity index is 1.57. The highest BCUT2D eigenvalue weighted by molar-refractivity contribution is 7.15. The lowest BCUT2D eigenvalue weighted by Gasteiger charge is -2.29. The Hall–Kier alpha value is -2.55. The highest BCUT2D eigenvalue weighted by atomic mass is 32.1. The van der Waals surface area contributed by atoms with Crippen molar-refractivity contribution in [1.82, 2.24) is 9.88 Å². The highest BCUT2D eigenvalue weighted by Crippen LogP contribution is 2.29. The van der Waals surface area contributed by atoms with Crippen LogP contribution in [0.3, 0.4) is 0 Å². The number of halogens is 2. The molecule has 1 aromatic carbocycles. The Kier molecular flexibility index (Phi) is 6.16. The number of carbonyl (C=O) groups excluding carboxylic acids is 2. The summed E-state index contributed by atoms with van der Waals surface area (Å²) in [7, 11) is 0. The quantitative estimate of drug-likeness (QED) is 0.797. The first-order chi connectivity index (χ1) is 13.6. The summed E-state index contributed by atoms with van der Waals surface area (Å²) < 4.78 is 32.7. The van der Waals surface area contributed by atoms with Crippen LogP contribution in [0.4, 0.5) is 18.7 Å². The monoisotopic (exact) mass is 423 g/mol. The number of anilines is 1. The molecule has 1 N–H and O–H groups in total. The van der Waals surface area contributed by atoms with Crippen molar-refractivity contribution < 1.29 is 23.1 Å². The topological polar surface area (TPSA) is 71.5 Å². The first-order valence-electron chi connectivity index (χ1n) is 9.31. The van der Waals surface area contributed by atoms with Crippen LogP contribution in [0, 0.1) is 11.6 Å². The van der Waals surface area contributed by atoms with Crippen LogP contribution in [0.15, 0.2) is 18.2 Å². The zero-order valence-electron chi connectivity index (χ0n) is 16.6. The van der Waals surface area contributed by atoms with Crippen molar-refractivity contribution in [1.29, 1.82) is 0 Å². The molecule has 0 unspecified atom stereocenters. The minimum absolute atomic E-state index is 0.0398. The number of nitrogens with one attached hydrogen (secondary N) is 1. The van der Waals surface area contributed by atoms with E-state index in [1.54, 1.807) is 4.90 Å². The van der Waals surface area contributed by atoms with Crippen LogP contribution in [0.2, 0.25) is 0 Å². The highest BCUT2D eigenvalue weighted by Gasteiger charge is 2.28. The second-order valence-electron chi connectivity index (χ2n) is 7.79. The van der Waals surface area contributed by atoms with Crippen molar-refractivity contribution in [2.45, 2.75) is 52.2 Å². The average Bonchev–Trinajstić information content (AvgIpc) is 3.01. The summed E-state index contributed by atoms with van der Waals surface area (Å²) in [5, 5.41) is 3.10. The van der Waals surface area contributed by atoms with Crippen molar-refractivity contribution >= 4 is 28.5 Å². The first kappa shape index (κ1) is 21.2. The zero-order valence-corrected chi connectivity index (χ0v) is 17.4. The third-order valence-electron chi connectivity index (χ3n) is 4.29. The van der Waals surface area contributed by atoms with E-state index in [-0.39, 0.29) is 30.4 Å². The second kappa shape index (κ2) is 8.44. The molecule has 0 radical (unpaired) electrons. The first-order valence-corrected chi connectivity index (χ1v) is 10.1. The molecule has 0 bridgehead atoms. The van der Waals surface area contributed by atoms with Gasteiger partial charge in [-0.15, -0.1) is 0 Å². The number of aromatic nitrogens is 1. The normalized spacial score (nSPS) is 13.8. The fourth-order valence-corrected chi connectivity index (χ4v) is 3.96. The summed E-state index contributed by atoms with van der Waals surface area (Å²) in [4.78, 5) is 31.3.